The van der Waals surface area contributed by atoms with Gasteiger partial charge < -0.3 is 114 Å². The van der Waals surface area contributed by atoms with E-state index in [9.17, 15) is 71.2 Å². The maximum absolute atomic E-state index is 12.6. The number of hydrogen-bond donors (Lipinski definition) is 14. The van der Waals surface area contributed by atoms with Crippen LogP contribution in [0.3, 0.4) is 0 Å². The van der Waals surface area contributed by atoms with Gasteiger partial charge in [0.1, 0.15) is 104 Å². The molecule has 0 aromatic heterocycles. The highest BCUT2D eigenvalue weighted by atomic mass is 16.8. The Morgan fingerprint density at radius 3 is 1.38 bits per heavy atom. The van der Waals surface area contributed by atoms with Crippen molar-refractivity contribution in [2.45, 2.75) is 181 Å². The van der Waals surface area contributed by atoms with Crippen LogP contribution in [0.15, 0.2) is 0 Å². The first-order valence-corrected chi connectivity index (χ1v) is 18.2. The highest BCUT2D eigenvalue weighted by molar-refractivity contribution is 5.73. The minimum absolute atomic E-state index is 0.770. The summed E-state index contributed by atoms with van der Waals surface area (Å²) >= 11 is 0. The van der Waals surface area contributed by atoms with E-state index in [4.69, 9.17) is 42.6 Å². The maximum Gasteiger partial charge on any atom is 0.217 e. The molecule has 14 N–H and O–H groups in total. The zero-order valence-electron chi connectivity index (χ0n) is 30.7. The molecule has 24 nitrogen and oxygen atoms in total. The van der Waals surface area contributed by atoms with Crippen molar-refractivity contribution in [1.82, 2.24) is 5.32 Å². The van der Waals surface area contributed by atoms with Gasteiger partial charge in [0, 0.05) is 6.92 Å². The van der Waals surface area contributed by atoms with E-state index in [2.05, 4.69) is 5.32 Å². The van der Waals surface area contributed by atoms with Gasteiger partial charge in [-0.1, -0.05) is 0 Å². The zero-order chi connectivity index (χ0) is 41.5. The lowest BCUT2D eigenvalue weighted by Gasteiger charge is -2.50. The summed E-state index contributed by atoms with van der Waals surface area (Å²) < 4.78 is 51.6. The van der Waals surface area contributed by atoms with Crippen LogP contribution < -0.4 is 5.32 Å². The van der Waals surface area contributed by atoms with E-state index in [-0.39, 0.29) is 0 Å². The molecule has 326 valence electrons. The number of aliphatic hydroxyl groups is 13. The SMILES string of the molecule is CC(=O)N[C@H]1[C@H](O[C@H]2[C@H](O[C@@H]3[C@H](O)[C@@H](O)[C@H](C)O[C@H]3O)O[C@@H](C)[C@H](O)[C@H]2O)O[C@H](CO)[C@@H](O)[C@@H]1O[C@@H]1O[C@@H](C)[C@H](O)[C@@H](O)[C@H]1O[C@H]1O[C@H](CO)[C@@H](O)[C@H](O)[C@H]1O. The van der Waals surface area contributed by atoms with Gasteiger partial charge in [0.05, 0.1) is 31.5 Å². The summed E-state index contributed by atoms with van der Waals surface area (Å²) in [5.41, 5.74) is 0. The lowest BCUT2D eigenvalue weighted by Crippen LogP contribution is -2.70. The third-order valence-electron chi connectivity index (χ3n) is 10.6. The quantitative estimate of drug-likeness (QED) is 0.0920. The van der Waals surface area contributed by atoms with Crippen molar-refractivity contribution < 1.29 is 114 Å². The molecule has 5 aliphatic heterocycles. The van der Waals surface area contributed by atoms with Gasteiger partial charge in [0.25, 0.3) is 0 Å². The number of carbonyl (C=O) groups is 1. The Labute approximate surface area is 319 Å². The largest absolute Gasteiger partial charge is 0.394 e. The second kappa shape index (κ2) is 18.9. The number of hydrogen-bond acceptors (Lipinski definition) is 23. The van der Waals surface area contributed by atoms with Crippen LogP contribution in [-0.4, -0.2) is 239 Å². The summed E-state index contributed by atoms with van der Waals surface area (Å²) in [6.07, 6.45) is -40.5. The number of ether oxygens (including phenoxy) is 9. The Morgan fingerprint density at radius 2 is 0.875 bits per heavy atom. The molecule has 0 unspecified atom stereocenters. The third-order valence-corrected chi connectivity index (χ3v) is 10.6. The van der Waals surface area contributed by atoms with E-state index in [1.165, 1.54) is 20.8 Å². The van der Waals surface area contributed by atoms with Crippen LogP contribution in [0.25, 0.3) is 0 Å². The van der Waals surface area contributed by atoms with Crippen molar-refractivity contribution in [3.05, 3.63) is 0 Å². The van der Waals surface area contributed by atoms with Gasteiger partial charge in [-0.3, -0.25) is 4.79 Å². The second-order valence-electron chi connectivity index (χ2n) is 14.6. The van der Waals surface area contributed by atoms with Crippen LogP contribution in [-0.2, 0) is 47.4 Å². The molecule has 0 aliphatic carbocycles. The summed E-state index contributed by atoms with van der Waals surface area (Å²) in [5, 5.41) is 140. The van der Waals surface area contributed by atoms with Crippen LogP contribution in [0.1, 0.15) is 27.7 Å². The number of carbonyl (C=O) groups excluding carboxylic acids is 1. The van der Waals surface area contributed by atoms with Gasteiger partial charge in [0.2, 0.25) is 5.91 Å². The molecule has 0 aromatic rings. The molecule has 56 heavy (non-hydrogen) atoms. The summed E-state index contributed by atoms with van der Waals surface area (Å²) in [6.45, 7) is 3.40. The van der Waals surface area contributed by atoms with Crippen molar-refractivity contribution in [1.29, 1.82) is 0 Å². The molecule has 1 amide bonds. The van der Waals surface area contributed by atoms with Crippen molar-refractivity contribution in [3.63, 3.8) is 0 Å². The van der Waals surface area contributed by atoms with Gasteiger partial charge >= 0.3 is 0 Å². The van der Waals surface area contributed by atoms with Crippen molar-refractivity contribution in [3.8, 4) is 0 Å². The van der Waals surface area contributed by atoms with Crippen molar-refractivity contribution in [2.75, 3.05) is 13.2 Å². The van der Waals surface area contributed by atoms with Crippen LogP contribution in [0, 0.1) is 0 Å². The number of aliphatic hydroxyl groups excluding tert-OH is 13. The molecule has 5 heterocycles. The maximum atomic E-state index is 12.6. The van der Waals surface area contributed by atoms with E-state index in [1.807, 2.05) is 0 Å². The molecule has 0 bridgehead atoms. The number of nitrogens with one attached hydrogen (secondary N) is 1. The predicted molar refractivity (Wildman–Crippen MR) is 174 cm³/mol. The number of amides is 1. The molecule has 0 spiro atoms. The standard InChI is InChI=1S/C32H55NO23/c1-7-14(37)20(43)25(28(47)48-7)54-32-26(21(44)15(38)9(3)50-32)55-29-13(33-10(4)36)24(18(41)12(6-35)51-29)53-31-27(22(45)16(39)8(2)49-31)56-30-23(46)19(42)17(40)11(5-34)52-30/h7-9,11-32,34-35,37-47H,5-6H2,1-4H3,(H,33,36)/t7-,8-,9-,11+,12+,13+,14-,15-,16-,17+,18+,19-,20+,21+,22+,23+,24+,25+,26+,27+,28+,29-,30+,31-,32-/m0/s1. The van der Waals surface area contributed by atoms with E-state index in [0.717, 1.165) is 6.92 Å². The molecule has 5 saturated heterocycles. The summed E-state index contributed by atoms with van der Waals surface area (Å²) in [6, 6.07) is -1.64. The van der Waals surface area contributed by atoms with Crippen molar-refractivity contribution >= 4 is 5.91 Å². The summed E-state index contributed by atoms with van der Waals surface area (Å²) in [5.74, 6) is -0.770. The Morgan fingerprint density at radius 1 is 0.464 bits per heavy atom. The van der Waals surface area contributed by atoms with Gasteiger partial charge in [-0.25, -0.2) is 0 Å². The minimum atomic E-state index is -1.97. The fourth-order valence-corrected chi connectivity index (χ4v) is 7.21. The molecule has 5 fully saturated rings. The average Bonchev–Trinajstić information content (AvgIpc) is 3.15. The van der Waals surface area contributed by atoms with Crippen LogP contribution >= 0.6 is 0 Å². The van der Waals surface area contributed by atoms with Gasteiger partial charge in [-0.15, -0.1) is 0 Å². The number of rotatable bonds is 11. The lowest BCUT2D eigenvalue weighted by molar-refractivity contribution is -0.394. The minimum Gasteiger partial charge on any atom is -0.394 e. The second-order valence-corrected chi connectivity index (χ2v) is 14.6. The normalized spacial score (nSPS) is 53.1. The van der Waals surface area contributed by atoms with Crippen LogP contribution in [0.2, 0.25) is 0 Å². The first kappa shape index (κ1) is 45.7. The van der Waals surface area contributed by atoms with E-state index in [0.29, 0.717) is 0 Å². The molecule has 0 saturated carbocycles. The first-order chi connectivity index (χ1) is 26.3. The highest BCUT2D eigenvalue weighted by Crippen LogP contribution is 2.36. The lowest BCUT2D eigenvalue weighted by atomic mass is 9.94. The van der Waals surface area contributed by atoms with Crippen LogP contribution in [0.5, 0.6) is 0 Å². The topological polar surface area (TPSA) is 375 Å². The smallest absolute Gasteiger partial charge is 0.217 e. The van der Waals surface area contributed by atoms with Crippen LogP contribution in [0.4, 0.5) is 0 Å². The summed E-state index contributed by atoms with van der Waals surface area (Å²) in [4.78, 5) is 12.6. The third kappa shape index (κ3) is 9.31. The predicted octanol–water partition coefficient (Wildman–Crippen LogP) is -8.70. The fourth-order valence-electron chi connectivity index (χ4n) is 7.21. The average molecular weight is 822 g/mol. The molecule has 25 atom stereocenters. The Hall–Kier alpha value is -1.41. The summed E-state index contributed by atoms with van der Waals surface area (Å²) in [7, 11) is 0. The monoisotopic (exact) mass is 821 g/mol. The molecule has 5 aliphatic rings. The molecule has 0 radical (unpaired) electrons. The Bertz CT molecular complexity index is 1270. The molecule has 5 rings (SSSR count). The Kier molecular flexibility index (Phi) is 15.4. The van der Waals surface area contributed by atoms with E-state index < -0.39 is 173 Å². The van der Waals surface area contributed by atoms with Crippen molar-refractivity contribution in [2.24, 2.45) is 0 Å². The molecule has 0 aromatic carbocycles. The fraction of sp³-hybridized carbons (Fsp3) is 0.969. The first-order valence-electron chi connectivity index (χ1n) is 18.2. The molecular weight excluding hydrogens is 766 g/mol. The molecular formula is C32H55NO23. The molecule has 24 heteroatoms. The van der Waals surface area contributed by atoms with E-state index >= 15 is 0 Å². The van der Waals surface area contributed by atoms with E-state index in [1.54, 1.807) is 0 Å². The zero-order valence-corrected chi connectivity index (χ0v) is 30.7. The van der Waals surface area contributed by atoms with Gasteiger partial charge in [-0.05, 0) is 20.8 Å². The van der Waals surface area contributed by atoms with Gasteiger partial charge in [0.15, 0.2) is 31.5 Å². The highest BCUT2D eigenvalue weighted by Gasteiger charge is 2.56. The van der Waals surface area contributed by atoms with Gasteiger partial charge in [-0.2, -0.15) is 0 Å². The Balaban J connectivity index is 1.44.